The van der Waals surface area contributed by atoms with Gasteiger partial charge in [-0.3, -0.25) is 9.48 Å². The summed E-state index contributed by atoms with van der Waals surface area (Å²) in [5, 5.41) is 6.77. The molecule has 0 spiro atoms. The third kappa shape index (κ3) is 3.71. The van der Waals surface area contributed by atoms with Crippen molar-refractivity contribution in [1.29, 1.82) is 0 Å². The number of nitrogens with one attached hydrogen (secondary N) is 1. The molecule has 118 valence electrons. The number of hydrogen-bond donors (Lipinski definition) is 1. The third-order valence-electron chi connectivity index (χ3n) is 4.11. The summed E-state index contributed by atoms with van der Waals surface area (Å²) in [4.78, 5) is 11.3. The van der Waals surface area contributed by atoms with E-state index in [4.69, 9.17) is 0 Å². The van der Waals surface area contributed by atoms with Gasteiger partial charge in [0.15, 0.2) is 5.69 Å². The van der Waals surface area contributed by atoms with E-state index in [2.05, 4.69) is 15.2 Å². The van der Waals surface area contributed by atoms with Crippen LogP contribution in [0, 0.1) is 5.92 Å². The van der Waals surface area contributed by atoms with E-state index in [0.29, 0.717) is 18.0 Å². The van der Waals surface area contributed by atoms with Gasteiger partial charge in [0.1, 0.15) is 0 Å². The number of carbonyl (C=O) groups excluding carboxylic acids is 1. The van der Waals surface area contributed by atoms with Crippen LogP contribution in [0.2, 0.25) is 0 Å². The second-order valence-corrected chi connectivity index (χ2v) is 5.41. The van der Waals surface area contributed by atoms with Gasteiger partial charge < -0.3 is 10.1 Å². The molecule has 0 bridgehead atoms. The lowest BCUT2D eigenvalue weighted by Gasteiger charge is -2.28. The van der Waals surface area contributed by atoms with Gasteiger partial charge in [0.25, 0.3) is 6.43 Å². The summed E-state index contributed by atoms with van der Waals surface area (Å²) < 4.78 is 32.1. The maximum atomic E-state index is 12.9. The highest BCUT2D eigenvalue weighted by Gasteiger charge is 2.27. The second kappa shape index (κ2) is 6.87. The molecule has 0 amide bonds. The molecule has 1 fully saturated rings. The van der Waals surface area contributed by atoms with Crippen molar-refractivity contribution in [2.75, 3.05) is 19.5 Å². The van der Waals surface area contributed by atoms with Gasteiger partial charge in [-0.15, -0.1) is 0 Å². The molecule has 0 unspecified atom stereocenters. The summed E-state index contributed by atoms with van der Waals surface area (Å²) in [6, 6.07) is 0.124. The number of ether oxygens (including phenoxy) is 1. The molecule has 21 heavy (non-hydrogen) atoms. The maximum absolute atomic E-state index is 12.9. The quantitative estimate of drug-likeness (QED) is 0.849. The Morgan fingerprint density at radius 2 is 2.14 bits per heavy atom. The highest BCUT2D eigenvalue weighted by Crippen LogP contribution is 2.35. The largest absolute Gasteiger partial charge is 0.469 e. The average molecular weight is 301 g/mol. The number of rotatable bonds is 5. The van der Waals surface area contributed by atoms with Gasteiger partial charge >= 0.3 is 5.97 Å². The Labute approximate surface area is 122 Å². The first-order valence-electron chi connectivity index (χ1n) is 7.17. The van der Waals surface area contributed by atoms with Crippen molar-refractivity contribution in [2.24, 2.45) is 5.92 Å². The fraction of sp³-hybridized carbons (Fsp3) is 0.714. The van der Waals surface area contributed by atoms with Crippen LogP contribution in [0.3, 0.4) is 0 Å². The SMILES string of the molecule is CNc1cn(C2CCC(CC(=O)OC)CC2)nc1C(F)F. The Morgan fingerprint density at radius 1 is 1.48 bits per heavy atom. The Kier molecular flexibility index (Phi) is 5.14. The van der Waals surface area contributed by atoms with Crippen LogP contribution < -0.4 is 5.32 Å². The van der Waals surface area contributed by atoms with E-state index in [1.165, 1.54) is 7.11 Å². The van der Waals surface area contributed by atoms with E-state index in [0.717, 1.165) is 25.7 Å². The van der Waals surface area contributed by atoms with E-state index in [9.17, 15) is 13.6 Å². The summed E-state index contributed by atoms with van der Waals surface area (Å²) in [7, 11) is 3.00. The summed E-state index contributed by atoms with van der Waals surface area (Å²) in [6.45, 7) is 0. The van der Waals surface area contributed by atoms with Gasteiger partial charge in [0, 0.05) is 19.7 Å². The van der Waals surface area contributed by atoms with E-state index in [-0.39, 0.29) is 17.7 Å². The molecule has 0 radical (unpaired) electrons. The molecule has 0 atom stereocenters. The molecule has 1 N–H and O–H groups in total. The minimum atomic E-state index is -2.58. The van der Waals surface area contributed by atoms with Gasteiger partial charge in [-0.25, -0.2) is 8.78 Å². The Hall–Kier alpha value is -1.66. The first-order chi connectivity index (χ1) is 10.0. The van der Waals surface area contributed by atoms with Crippen LogP contribution in [0.5, 0.6) is 0 Å². The summed E-state index contributed by atoms with van der Waals surface area (Å²) in [5.41, 5.74) is 0.177. The van der Waals surface area contributed by atoms with Crippen molar-refractivity contribution in [3.63, 3.8) is 0 Å². The minimum Gasteiger partial charge on any atom is -0.469 e. The van der Waals surface area contributed by atoms with Crippen LogP contribution in [0.25, 0.3) is 0 Å². The smallest absolute Gasteiger partial charge is 0.305 e. The molecule has 1 aromatic rings. The van der Waals surface area contributed by atoms with Crippen LogP contribution in [0.1, 0.15) is 50.3 Å². The van der Waals surface area contributed by atoms with Gasteiger partial charge in [-0.1, -0.05) is 0 Å². The van der Waals surface area contributed by atoms with Crippen molar-refractivity contribution < 1.29 is 18.3 Å². The minimum absolute atomic E-state index is 0.124. The third-order valence-corrected chi connectivity index (χ3v) is 4.11. The average Bonchev–Trinajstić information content (AvgIpc) is 2.92. The normalized spacial score (nSPS) is 22.3. The fourth-order valence-corrected chi connectivity index (χ4v) is 2.88. The van der Waals surface area contributed by atoms with Crippen molar-refractivity contribution >= 4 is 11.7 Å². The molecule has 0 aliphatic heterocycles. The molecule has 1 aromatic heterocycles. The number of hydrogen-bond acceptors (Lipinski definition) is 4. The number of halogens is 2. The monoisotopic (exact) mass is 301 g/mol. The topological polar surface area (TPSA) is 56.2 Å². The molecule has 2 rings (SSSR count). The summed E-state index contributed by atoms with van der Waals surface area (Å²) >= 11 is 0. The van der Waals surface area contributed by atoms with Crippen LogP contribution in [-0.4, -0.2) is 29.9 Å². The van der Waals surface area contributed by atoms with E-state index >= 15 is 0 Å². The number of methoxy groups -OCH3 is 1. The van der Waals surface area contributed by atoms with Crippen LogP contribution in [0.15, 0.2) is 6.20 Å². The first kappa shape index (κ1) is 15.7. The molecule has 1 heterocycles. The molecule has 1 saturated carbocycles. The standard InChI is InChI=1S/C14H21F2N3O2/c1-17-11-8-19(18-13(11)14(15)16)10-5-3-9(4-6-10)7-12(20)21-2/h8-10,14,17H,3-7H2,1-2H3. The second-order valence-electron chi connectivity index (χ2n) is 5.41. The molecule has 0 aromatic carbocycles. The molecule has 5 nitrogen and oxygen atoms in total. The Bertz CT molecular complexity index is 483. The van der Waals surface area contributed by atoms with Gasteiger partial charge in [-0.2, -0.15) is 5.10 Å². The number of anilines is 1. The van der Waals surface area contributed by atoms with Crippen LogP contribution in [-0.2, 0) is 9.53 Å². The zero-order valence-corrected chi connectivity index (χ0v) is 12.3. The zero-order chi connectivity index (χ0) is 15.4. The van der Waals surface area contributed by atoms with E-state index < -0.39 is 6.43 Å². The van der Waals surface area contributed by atoms with Gasteiger partial charge in [0.05, 0.1) is 18.8 Å². The molecule has 7 heteroatoms. The van der Waals surface area contributed by atoms with Gasteiger partial charge in [0.2, 0.25) is 0 Å². The predicted molar refractivity (Wildman–Crippen MR) is 74.4 cm³/mol. The number of carbonyl (C=O) groups is 1. The number of alkyl halides is 2. The molecular formula is C14H21F2N3O2. The van der Waals surface area contributed by atoms with Crippen molar-refractivity contribution in [1.82, 2.24) is 9.78 Å². The summed E-state index contributed by atoms with van der Waals surface area (Å²) in [6.07, 6.45) is 2.96. The Morgan fingerprint density at radius 3 is 2.62 bits per heavy atom. The lowest BCUT2D eigenvalue weighted by molar-refractivity contribution is -0.142. The lowest BCUT2D eigenvalue weighted by Crippen LogP contribution is -2.21. The number of nitrogens with zero attached hydrogens (tertiary/aromatic N) is 2. The first-order valence-corrected chi connectivity index (χ1v) is 7.17. The molecule has 0 saturated heterocycles. The molecule has 1 aliphatic rings. The van der Waals surface area contributed by atoms with Crippen molar-refractivity contribution in [2.45, 2.75) is 44.6 Å². The maximum Gasteiger partial charge on any atom is 0.305 e. The predicted octanol–water partition coefficient (Wildman–Crippen LogP) is 3.16. The number of aromatic nitrogens is 2. The highest BCUT2D eigenvalue weighted by atomic mass is 19.3. The summed E-state index contributed by atoms with van der Waals surface area (Å²) in [5.74, 6) is 0.137. The highest BCUT2D eigenvalue weighted by molar-refractivity contribution is 5.69. The Balaban J connectivity index is 1.97. The fourth-order valence-electron chi connectivity index (χ4n) is 2.88. The lowest BCUT2D eigenvalue weighted by atomic mass is 9.84. The van der Waals surface area contributed by atoms with Crippen molar-refractivity contribution in [3.8, 4) is 0 Å². The van der Waals surface area contributed by atoms with Crippen LogP contribution in [0.4, 0.5) is 14.5 Å². The van der Waals surface area contributed by atoms with Gasteiger partial charge in [-0.05, 0) is 31.6 Å². The molecular weight excluding hydrogens is 280 g/mol. The van der Waals surface area contributed by atoms with E-state index in [1.54, 1.807) is 17.9 Å². The zero-order valence-electron chi connectivity index (χ0n) is 12.3. The van der Waals surface area contributed by atoms with E-state index in [1.807, 2.05) is 0 Å². The van der Waals surface area contributed by atoms with Crippen molar-refractivity contribution in [3.05, 3.63) is 11.9 Å². The number of esters is 1. The van der Waals surface area contributed by atoms with Crippen LogP contribution >= 0.6 is 0 Å². The molecule has 1 aliphatic carbocycles.